The maximum Gasteiger partial charge on any atom is 0.0209 e. The molecule has 0 aromatic carbocycles. The minimum absolute atomic E-state index is 1.07. The van der Waals surface area contributed by atoms with Crippen molar-refractivity contribution in [1.29, 1.82) is 0 Å². The SMILES string of the molecule is CC/C=C\C=C1/CC=CN1C. The quantitative estimate of drug-likeness (QED) is 0.583. The molecule has 1 aliphatic rings. The smallest absolute Gasteiger partial charge is 0.0209 e. The molecule has 0 saturated carbocycles. The molecule has 1 nitrogen and oxygen atoms in total. The molecule has 60 valence electrons. The Kier molecular flexibility index (Phi) is 2.96. The van der Waals surface area contributed by atoms with Gasteiger partial charge in [0.25, 0.3) is 0 Å². The maximum absolute atomic E-state index is 2.17. The summed E-state index contributed by atoms with van der Waals surface area (Å²) in [4.78, 5) is 2.15. The lowest BCUT2D eigenvalue weighted by Gasteiger charge is -2.09. The van der Waals surface area contributed by atoms with E-state index in [1.54, 1.807) is 0 Å². The van der Waals surface area contributed by atoms with Gasteiger partial charge in [-0.1, -0.05) is 25.2 Å². The van der Waals surface area contributed by atoms with Gasteiger partial charge in [-0.05, 0) is 18.7 Å². The summed E-state index contributed by atoms with van der Waals surface area (Å²) < 4.78 is 0. The molecule has 1 rings (SSSR count). The monoisotopic (exact) mass is 149 g/mol. The zero-order chi connectivity index (χ0) is 8.10. The van der Waals surface area contributed by atoms with E-state index in [4.69, 9.17) is 0 Å². The van der Waals surface area contributed by atoms with Gasteiger partial charge in [0.1, 0.15) is 0 Å². The Morgan fingerprint density at radius 2 is 2.45 bits per heavy atom. The number of rotatable bonds is 2. The van der Waals surface area contributed by atoms with Crippen LogP contribution >= 0.6 is 0 Å². The minimum atomic E-state index is 1.07. The summed E-state index contributed by atoms with van der Waals surface area (Å²) in [7, 11) is 2.08. The second kappa shape index (κ2) is 4.02. The molecule has 0 unspecified atom stereocenters. The van der Waals surface area contributed by atoms with Gasteiger partial charge >= 0.3 is 0 Å². The first kappa shape index (κ1) is 8.12. The fraction of sp³-hybridized carbons (Fsp3) is 0.400. The van der Waals surface area contributed by atoms with Crippen molar-refractivity contribution in [2.75, 3.05) is 7.05 Å². The van der Waals surface area contributed by atoms with Crippen LogP contribution in [0.3, 0.4) is 0 Å². The first-order chi connectivity index (χ1) is 5.34. The molecule has 1 heteroatoms. The van der Waals surface area contributed by atoms with Crippen LogP contribution in [0.15, 0.2) is 36.2 Å². The molecule has 0 bridgehead atoms. The third-order valence-corrected chi connectivity index (χ3v) is 1.77. The van der Waals surface area contributed by atoms with Crippen molar-refractivity contribution in [3.8, 4) is 0 Å². The average molecular weight is 149 g/mol. The van der Waals surface area contributed by atoms with Crippen molar-refractivity contribution in [3.05, 3.63) is 36.2 Å². The molecule has 0 aromatic rings. The highest BCUT2D eigenvalue weighted by Crippen LogP contribution is 2.15. The van der Waals surface area contributed by atoms with E-state index < -0.39 is 0 Å². The van der Waals surface area contributed by atoms with Crippen molar-refractivity contribution in [1.82, 2.24) is 4.90 Å². The Morgan fingerprint density at radius 1 is 1.64 bits per heavy atom. The highest BCUT2D eigenvalue weighted by molar-refractivity contribution is 5.20. The van der Waals surface area contributed by atoms with Gasteiger partial charge < -0.3 is 4.90 Å². The third kappa shape index (κ3) is 2.26. The van der Waals surface area contributed by atoms with Gasteiger partial charge in [-0.2, -0.15) is 0 Å². The van der Waals surface area contributed by atoms with E-state index in [0.717, 1.165) is 12.8 Å². The van der Waals surface area contributed by atoms with Crippen LogP contribution in [0, 0.1) is 0 Å². The summed E-state index contributed by atoms with van der Waals surface area (Å²) >= 11 is 0. The Hall–Kier alpha value is -0.980. The van der Waals surface area contributed by atoms with E-state index >= 15 is 0 Å². The highest BCUT2D eigenvalue weighted by atomic mass is 15.1. The van der Waals surface area contributed by atoms with E-state index in [9.17, 15) is 0 Å². The van der Waals surface area contributed by atoms with Crippen LogP contribution in [0.1, 0.15) is 19.8 Å². The predicted octanol–water partition coefficient (Wildman–Crippen LogP) is 2.69. The number of hydrogen-bond donors (Lipinski definition) is 0. The van der Waals surface area contributed by atoms with Gasteiger partial charge in [-0.25, -0.2) is 0 Å². The third-order valence-electron chi connectivity index (χ3n) is 1.77. The molecule has 0 aliphatic carbocycles. The van der Waals surface area contributed by atoms with E-state index in [1.165, 1.54) is 5.70 Å². The molecule has 0 N–H and O–H groups in total. The zero-order valence-corrected chi connectivity index (χ0v) is 7.25. The van der Waals surface area contributed by atoms with Gasteiger partial charge in [-0.15, -0.1) is 0 Å². The fourth-order valence-electron chi connectivity index (χ4n) is 1.07. The van der Waals surface area contributed by atoms with Crippen molar-refractivity contribution < 1.29 is 0 Å². The fourth-order valence-corrected chi connectivity index (χ4v) is 1.07. The maximum atomic E-state index is 2.17. The first-order valence-electron chi connectivity index (χ1n) is 4.09. The van der Waals surface area contributed by atoms with E-state index in [2.05, 4.69) is 49.4 Å². The lowest BCUT2D eigenvalue weighted by molar-refractivity contribution is 0.585. The first-order valence-corrected chi connectivity index (χ1v) is 4.09. The number of nitrogens with zero attached hydrogens (tertiary/aromatic N) is 1. The summed E-state index contributed by atoms with van der Waals surface area (Å²) in [6.07, 6.45) is 12.9. The number of hydrogen-bond acceptors (Lipinski definition) is 1. The summed E-state index contributed by atoms with van der Waals surface area (Å²) in [6.45, 7) is 2.14. The van der Waals surface area contributed by atoms with Gasteiger partial charge in [0, 0.05) is 19.2 Å². The molecule has 0 spiro atoms. The highest BCUT2D eigenvalue weighted by Gasteiger charge is 2.03. The lowest BCUT2D eigenvalue weighted by atomic mass is 10.3. The summed E-state index contributed by atoms with van der Waals surface area (Å²) in [5.41, 5.74) is 1.37. The van der Waals surface area contributed by atoms with Crippen LogP contribution in [0.2, 0.25) is 0 Å². The molecule has 0 saturated heterocycles. The van der Waals surface area contributed by atoms with Crippen molar-refractivity contribution >= 4 is 0 Å². The zero-order valence-electron chi connectivity index (χ0n) is 7.25. The van der Waals surface area contributed by atoms with Crippen molar-refractivity contribution in [3.63, 3.8) is 0 Å². The minimum Gasteiger partial charge on any atom is -0.354 e. The lowest BCUT2D eigenvalue weighted by Crippen LogP contribution is -2.03. The Labute approximate surface area is 68.7 Å². The van der Waals surface area contributed by atoms with E-state index in [-0.39, 0.29) is 0 Å². The van der Waals surface area contributed by atoms with E-state index in [0.29, 0.717) is 0 Å². The molecule has 11 heavy (non-hydrogen) atoms. The standard InChI is InChI=1S/C10H15N/c1-3-4-5-7-10-8-6-9-11(10)2/h4-7,9H,3,8H2,1-2H3/b5-4-,10-7+. The molecule has 0 aromatic heterocycles. The molecular formula is C10H15N. The van der Waals surface area contributed by atoms with Crippen LogP contribution in [0.25, 0.3) is 0 Å². The van der Waals surface area contributed by atoms with Gasteiger partial charge in [0.15, 0.2) is 0 Å². The second-order valence-electron chi connectivity index (χ2n) is 2.69. The topological polar surface area (TPSA) is 3.24 Å². The Bertz CT molecular complexity index is 199. The van der Waals surface area contributed by atoms with Gasteiger partial charge in [0.05, 0.1) is 0 Å². The van der Waals surface area contributed by atoms with Crippen LogP contribution in [0.4, 0.5) is 0 Å². The van der Waals surface area contributed by atoms with Crippen LogP contribution < -0.4 is 0 Å². The Balaban J connectivity index is 2.48. The summed E-state index contributed by atoms with van der Waals surface area (Å²) in [5, 5.41) is 0. The van der Waals surface area contributed by atoms with Crippen LogP contribution in [0.5, 0.6) is 0 Å². The van der Waals surface area contributed by atoms with Crippen LogP contribution in [-0.4, -0.2) is 11.9 Å². The van der Waals surface area contributed by atoms with Gasteiger partial charge in [-0.3, -0.25) is 0 Å². The summed E-state index contributed by atoms with van der Waals surface area (Å²) in [6, 6.07) is 0. The molecular weight excluding hydrogens is 134 g/mol. The molecule has 1 heterocycles. The second-order valence-corrected chi connectivity index (χ2v) is 2.69. The normalized spacial score (nSPS) is 20.9. The van der Waals surface area contributed by atoms with Crippen molar-refractivity contribution in [2.45, 2.75) is 19.8 Å². The van der Waals surface area contributed by atoms with Crippen molar-refractivity contribution in [2.24, 2.45) is 0 Å². The molecule has 0 atom stereocenters. The largest absolute Gasteiger partial charge is 0.354 e. The average Bonchev–Trinajstić information content (AvgIpc) is 2.37. The molecule has 1 aliphatic heterocycles. The molecule has 0 amide bonds. The van der Waals surface area contributed by atoms with E-state index in [1.807, 2.05) is 0 Å². The molecule has 0 radical (unpaired) electrons. The summed E-state index contributed by atoms with van der Waals surface area (Å²) in [5.74, 6) is 0. The predicted molar refractivity (Wildman–Crippen MR) is 49.0 cm³/mol. The van der Waals surface area contributed by atoms with Gasteiger partial charge in [0.2, 0.25) is 0 Å². The Morgan fingerprint density at radius 3 is 3.00 bits per heavy atom. The number of allylic oxidation sites excluding steroid dienone is 4. The van der Waals surface area contributed by atoms with Crippen LogP contribution in [-0.2, 0) is 0 Å². The molecule has 0 fully saturated rings.